The summed E-state index contributed by atoms with van der Waals surface area (Å²) in [7, 11) is 0. The van der Waals surface area contributed by atoms with E-state index in [4.69, 9.17) is 46.4 Å². The maximum Gasteiger partial charge on any atom is 0.273 e. The van der Waals surface area contributed by atoms with E-state index in [1.54, 1.807) is 18.2 Å². The lowest BCUT2D eigenvalue weighted by Gasteiger charge is -2.17. The van der Waals surface area contributed by atoms with E-state index >= 15 is 0 Å². The van der Waals surface area contributed by atoms with Crippen molar-refractivity contribution in [3.05, 3.63) is 79.0 Å². The Kier molecular flexibility index (Phi) is 9.26. The van der Waals surface area contributed by atoms with Crippen molar-refractivity contribution in [1.29, 1.82) is 0 Å². The number of carbonyl (C=O) groups excluding carboxylic acids is 2. The van der Waals surface area contributed by atoms with Gasteiger partial charge in [-0.05, 0) is 43.2 Å². The standard InChI is InChI=1S/C27H26Cl4N4O3/c1-2-3-4-5-6-7-8-16-11-24(36)34(27(16)38)18-9-10-19(29)22(14-18)32-23-15-25(37)35(33-23)26-20(30)12-17(28)13-21(26)31/h7-10,12-16,32-33H,2-6,11H2,1H3/b8-7+. The fourth-order valence-electron chi connectivity index (χ4n) is 4.29. The Balaban J connectivity index is 1.53. The lowest BCUT2D eigenvalue weighted by molar-refractivity contribution is -0.121. The van der Waals surface area contributed by atoms with Crippen LogP contribution in [0.4, 0.5) is 17.2 Å². The Labute approximate surface area is 240 Å². The van der Waals surface area contributed by atoms with E-state index in [9.17, 15) is 14.4 Å². The summed E-state index contributed by atoms with van der Waals surface area (Å²) in [6.45, 7) is 2.16. The normalized spacial score (nSPS) is 15.7. The predicted octanol–water partition coefficient (Wildman–Crippen LogP) is 7.93. The van der Waals surface area contributed by atoms with Gasteiger partial charge in [-0.3, -0.25) is 19.5 Å². The van der Waals surface area contributed by atoms with Crippen LogP contribution in [-0.4, -0.2) is 21.6 Å². The smallest absolute Gasteiger partial charge is 0.273 e. The van der Waals surface area contributed by atoms with Crippen molar-refractivity contribution in [2.75, 3.05) is 10.2 Å². The van der Waals surface area contributed by atoms with Crippen LogP contribution in [-0.2, 0) is 9.59 Å². The third-order valence-electron chi connectivity index (χ3n) is 6.18. The highest BCUT2D eigenvalue weighted by molar-refractivity contribution is 6.40. The number of anilines is 3. The number of rotatable bonds is 10. The molecule has 2 aromatic carbocycles. The molecular formula is C27H26Cl4N4O3. The summed E-state index contributed by atoms with van der Waals surface area (Å²) in [6, 6.07) is 9.04. The number of allylic oxidation sites excluding steroid dienone is 1. The van der Waals surface area contributed by atoms with Crippen LogP contribution >= 0.6 is 46.4 Å². The molecule has 0 aliphatic carbocycles. The average Bonchev–Trinajstić information content (AvgIpc) is 3.34. The quantitative estimate of drug-likeness (QED) is 0.141. The molecule has 0 radical (unpaired) electrons. The van der Waals surface area contributed by atoms with E-state index in [1.807, 2.05) is 12.2 Å². The average molecular weight is 596 g/mol. The first kappa shape index (κ1) is 28.3. The van der Waals surface area contributed by atoms with Gasteiger partial charge in [0.15, 0.2) is 0 Å². The summed E-state index contributed by atoms with van der Waals surface area (Å²) in [6.07, 6.45) is 9.40. The van der Waals surface area contributed by atoms with Crippen LogP contribution in [0.3, 0.4) is 0 Å². The molecule has 1 unspecified atom stereocenters. The number of unbranched alkanes of at least 4 members (excludes halogenated alkanes) is 4. The second-order valence-corrected chi connectivity index (χ2v) is 10.7. The molecule has 3 aromatic rings. The van der Waals surface area contributed by atoms with Crippen molar-refractivity contribution < 1.29 is 9.59 Å². The minimum atomic E-state index is -0.486. The van der Waals surface area contributed by atoms with Gasteiger partial charge in [-0.15, -0.1) is 0 Å². The number of halogens is 4. The zero-order chi connectivity index (χ0) is 27.4. The van der Waals surface area contributed by atoms with Crippen LogP contribution in [0.25, 0.3) is 5.69 Å². The molecule has 0 saturated carbocycles. The van der Waals surface area contributed by atoms with Gasteiger partial charge in [0.05, 0.1) is 32.4 Å². The summed E-state index contributed by atoms with van der Waals surface area (Å²) in [5.41, 5.74) is 0.589. The summed E-state index contributed by atoms with van der Waals surface area (Å²) >= 11 is 24.9. The van der Waals surface area contributed by atoms with E-state index < -0.39 is 11.5 Å². The first-order chi connectivity index (χ1) is 18.2. The molecule has 2 heterocycles. The number of aromatic nitrogens is 2. The second-order valence-electron chi connectivity index (χ2n) is 9.01. The molecule has 4 rings (SSSR count). The monoisotopic (exact) mass is 594 g/mol. The molecule has 1 atom stereocenters. The SMILES string of the molecule is CCCCCC/C=C/C1CC(=O)N(c2ccc(Cl)c(Nc3cc(=O)n(-c4c(Cl)cc(Cl)cc4Cl)[nH]3)c2)C1=O. The highest BCUT2D eigenvalue weighted by Gasteiger charge is 2.38. The van der Waals surface area contributed by atoms with Gasteiger partial charge in [0.25, 0.3) is 5.56 Å². The van der Waals surface area contributed by atoms with Gasteiger partial charge >= 0.3 is 0 Å². The molecule has 38 heavy (non-hydrogen) atoms. The summed E-state index contributed by atoms with van der Waals surface area (Å²) in [4.78, 5) is 39.6. The molecule has 1 aromatic heterocycles. The zero-order valence-corrected chi connectivity index (χ0v) is 23.6. The van der Waals surface area contributed by atoms with Crippen molar-refractivity contribution in [1.82, 2.24) is 9.78 Å². The van der Waals surface area contributed by atoms with Crippen molar-refractivity contribution in [3.63, 3.8) is 0 Å². The van der Waals surface area contributed by atoms with Gasteiger partial charge in [-0.2, -0.15) is 0 Å². The first-order valence-electron chi connectivity index (χ1n) is 12.3. The van der Waals surface area contributed by atoms with Crippen LogP contribution < -0.4 is 15.8 Å². The van der Waals surface area contributed by atoms with Gasteiger partial charge in [-0.25, -0.2) is 9.58 Å². The summed E-state index contributed by atoms with van der Waals surface area (Å²) in [5, 5.41) is 6.97. The number of nitrogens with one attached hydrogen (secondary N) is 2. The van der Waals surface area contributed by atoms with Gasteiger partial charge in [0.2, 0.25) is 11.8 Å². The van der Waals surface area contributed by atoms with Gasteiger partial charge < -0.3 is 5.32 Å². The third-order valence-corrected chi connectivity index (χ3v) is 7.30. The van der Waals surface area contributed by atoms with E-state index in [0.29, 0.717) is 27.2 Å². The summed E-state index contributed by atoms with van der Waals surface area (Å²) < 4.78 is 1.17. The second kappa shape index (κ2) is 12.4. The van der Waals surface area contributed by atoms with Gasteiger partial charge in [0.1, 0.15) is 11.5 Å². The molecule has 1 fully saturated rings. The van der Waals surface area contributed by atoms with Gasteiger partial charge in [0, 0.05) is 17.5 Å². The number of H-pyrrole nitrogens is 1. The van der Waals surface area contributed by atoms with Crippen molar-refractivity contribution in [2.24, 2.45) is 5.92 Å². The maximum absolute atomic E-state index is 13.0. The van der Waals surface area contributed by atoms with E-state index in [0.717, 1.165) is 19.3 Å². The largest absolute Gasteiger partial charge is 0.339 e. The molecule has 0 bridgehead atoms. The number of aromatic amines is 1. The molecular weight excluding hydrogens is 570 g/mol. The fourth-order valence-corrected chi connectivity index (χ4v) is 5.44. The number of benzene rings is 2. The highest BCUT2D eigenvalue weighted by atomic mass is 35.5. The first-order valence-corrected chi connectivity index (χ1v) is 13.8. The van der Waals surface area contributed by atoms with Crippen molar-refractivity contribution in [3.8, 4) is 5.69 Å². The van der Waals surface area contributed by atoms with Crippen LogP contribution in [0.5, 0.6) is 0 Å². The zero-order valence-electron chi connectivity index (χ0n) is 20.6. The minimum absolute atomic E-state index is 0.120. The molecule has 0 spiro atoms. The Morgan fingerprint density at radius 2 is 1.71 bits per heavy atom. The van der Waals surface area contributed by atoms with Crippen LogP contribution in [0.1, 0.15) is 45.4 Å². The third kappa shape index (κ3) is 6.29. The van der Waals surface area contributed by atoms with Crippen molar-refractivity contribution >= 4 is 75.4 Å². The Bertz CT molecular complexity index is 1420. The van der Waals surface area contributed by atoms with Crippen LogP contribution in [0.15, 0.2) is 53.3 Å². The van der Waals surface area contributed by atoms with Crippen molar-refractivity contribution in [2.45, 2.75) is 45.4 Å². The Morgan fingerprint density at radius 1 is 0.974 bits per heavy atom. The van der Waals surface area contributed by atoms with E-state index in [1.165, 1.54) is 40.6 Å². The molecule has 1 aliphatic heterocycles. The van der Waals surface area contributed by atoms with Crippen LogP contribution in [0.2, 0.25) is 20.1 Å². The van der Waals surface area contributed by atoms with Gasteiger partial charge in [-0.1, -0.05) is 84.7 Å². The topological polar surface area (TPSA) is 87.2 Å². The number of hydrogen-bond acceptors (Lipinski definition) is 4. The number of imide groups is 1. The lowest BCUT2D eigenvalue weighted by atomic mass is 10.1. The lowest BCUT2D eigenvalue weighted by Crippen LogP contribution is -2.30. The Morgan fingerprint density at radius 3 is 2.42 bits per heavy atom. The fraction of sp³-hybridized carbons (Fsp3) is 0.296. The number of carbonyl (C=O) groups is 2. The molecule has 1 saturated heterocycles. The molecule has 2 N–H and O–H groups in total. The maximum atomic E-state index is 13.0. The number of hydrogen-bond donors (Lipinski definition) is 2. The van der Waals surface area contributed by atoms with E-state index in [-0.39, 0.29) is 34.0 Å². The number of nitrogens with zero attached hydrogens (tertiary/aromatic N) is 2. The predicted molar refractivity (Wildman–Crippen MR) is 155 cm³/mol. The van der Waals surface area contributed by atoms with Crippen LogP contribution in [0, 0.1) is 5.92 Å². The Hall–Kier alpha value is -2.71. The number of amides is 2. The summed E-state index contributed by atoms with van der Waals surface area (Å²) in [5.74, 6) is -0.755. The molecule has 1 aliphatic rings. The molecule has 200 valence electrons. The molecule has 7 nitrogen and oxygen atoms in total. The minimum Gasteiger partial charge on any atom is -0.339 e. The van der Waals surface area contributed by atoms with E-state index in [2.05, 4.69) is 17.3 Å². The highest BCUT2D eigenvalue weighted by Crippen LogP contribution is 2.35. The molecule has 11 heteroatoms. The molecule has 2 amide bonds.